The van der Waals surface area contributed by atoms with Crippen LogP contribution in [0.4, 0.5) is 10.5 Å². The first-order valence-corrected chi connectivity index (χ1v) is 11.1. The number of likely N-dealkylation sites (N-methyl/N-ethyl adjacent to an activating group) is 1. The van der Waals surface area contributed by atoms with Crippen molar-refractivity contribution in [3.8, 4) is 0 Å². The third kappa shape index (κ3) is 4.77. The van der Waals surface area contributed by atoms with E-state index in [1.165, 1.54) is 5.56 Å². The molecule has 0 aromatic heterocycles. The van der Waals surface area contributed by atoms with Crippen LogP contribution in [0.2, 0.25) is 0 Å². The van der Waals surface area contributed by atoms with Crippen molar-refractivity contribution in [1.82, 2.24) is 15.5 Å². The summed E-state index contributed by atoms with van der Waals surface area (Å²) >= 11 is 0. The van der Waals surface area contributed by atoms with Crippen molar-refractivity contribution in [2.24, 2.45) is 5.92 Å². The Bertz CT molecular complexity index is 786. The maximum atomic E-state index is 12.9. The molecule has 1 aliphatic carbocycles. The lowest BCUT2D eigenvalue weighted by atomic mass is 9.75. The average molecular weight is 415 g/mol. The summed E-state index contributed by atoms with van der Waals surface area (Å²) in [6.45, 7) is 8.01. The first kappa shape index (κ1) is 22.1. The minimum absolute atomic E-state index is 0.222. The Morgan fingerprint density at radius 3 is 2.63 bits per heavy atom. The first-order valence-electron chi connectivity index (χ1n) is 11.1. The standard InChI is InChI=1S/C23H34N4O3/c1-4-18-9-11-23(12-10-18)21(29)27(22(30)25-23)16-20(28)24-13-14-26(5-2)19-8-6-7-17(3)15-19/h6-8,15,18H,4-5,9-14,16H2,1-3H3,(H,24,28)(H,25,30). The topological polar surface area (TPSA) is 81.8 Å². The summed E-state index contributed by atoms with van der Waals surface area (Å²) in [6, 6.07) is 7.80. The van der Waals surface area contributed by atoms with E-state index in [-0.39, 0.29) is 18.4 Å². The van der Waals surface area contributed by atoms with Crippen molar-refractivity contribution in [3.05, 3.63) is 29.8 Å². The van der Waals surface area contributed by atoms with E-state index in [2.05, 4.69) is 54.5 Å². The summed E-state index contributed by atoms with van der Waals surface area (Å²) in [4.78, 5) is 41.0. The highest BCUT2D eigenvalue weighted by Crippen LogP contribution is 2.37. The van der Waals surface area contributed by atoms with E-state index in [0.29, 0.717) is 31.8 Å². The van der Waals surface area contributed by atoms with Gasteiger partial charge in [-0.15, -0.1) is 0 Å². The Balaban J connectivity index is 1.50. The Kier molecular flexibility index (Phi) is 7.00. The van der Waals surface area contributed by atoms with Gasteiger partial charge in [0, 0.05) is 25.3 Å². The highest BCUT2D eigenvalue weighted by Gasteiger charge is 2.52. The number of amides is 4. The number of aryl methyl sites for hydroxylation is 1. The Labute approximate surface area is 179 Å². The summed E-state index contributed by atoms with van der Waals surface area (Å²) in [5, 5.41) is 5.73. The molecule has 0 radical (unpaired) electrons. The molecular weight excluding hydrogens is 380 g/mol. The maximum absolute atomic E-state index is 12.9. The summed E-state index contributed by atoms with van der Waals surface area (Å²) in [5.74, 6) is 0.0674. The van der Waals surface area contributed by atoms with Gasteiger partial charge in [0.15, 0.2) is 0 Å². The quantitative estimate of drug-likeness (QED) is 0.641. The number of carbonyl (C=O) groups excluding carboxylic acids is 3. The van der Waals surface area contributed by atoms with Crippen LogP contribution in [0.1, 0.15) is 51.5 Å². The summed E-state index contributed by atoms with van der Waals surface area (Å²) in [5.41, 5.74) is 1.51. The summed E-state index contributed by atoms with van der Waals surface area (Å²) in [7, 11) is 0. The molecule has 3 rings (SSSR count). The third-order valence-electron chi connectivity index (χ3n) is 6.54. The minimum atomic E-state index is -0.798. The van der Waals surface area contributed by atoms with Crippen LogP contribution in [-0.2, 0) is 9.59 Å². The van der Waals surface area contributed by atoms with Crippen molar-refractivity contribution < 1.29 is 14.4 Å². The molecule has 1 saturated heterocycles. The second-order valence-corrected chi connectivity index (χ2v) is 8.52. The predicted octanol–water partition coefficient (Wildman–Crippen LogP) is 2.83. The molecule has 1 heterocycles. The van der Waals surface area contributed by atoms with Gasteiger partial charge in [-0.1, -0.05) is 25.5 Å². The van der Waals surface area contributed by atoms with E-state index in [0.717, 1.165) is 36.4 Å². The number of carbonyl (C=O) groups is 3. The maximum Gasteiger partial charge on any atom is 0.325 e. The smallest absolute Gasteiger partial charge is 0.325 e. The van der Waals surface area contributed by atoms with E-state index in [1.807, 2.05) is 6.07 Å². The molecule has 4 amide bonds. The SMILES string of the molecule is CCC1CCC2(CC1)NC(=O)N(CC(=O)NCCN(CC)c1cccc(C)c1)C2=O. The Hall–Kier alpha value is -2.57. The van der Waals surface area contributed by atoms with Gasteiger partial charge in [-0.25, -0.2) is 4.79 Å². The van der Waals surface area contributed by atoms with Crippen LogP contribution in [-0.4, -0.2) is 54.5 Å². The minimum Gasteiger partial charge on any atom is -0.370 e. The van der Waals surface area contributed by atoms with Crippen LogP contribution in [0, 0.1) is 12.8 Å². The molecule has 0 bridgehead atoms. The van der Waals surface area contributed by atoms with Gasteiger partial charge in [0.05, 0.1) is 0 Å². The van der Waals surface area contributed by atoms with Gasteiger partial charge in [-0.3, -0.25) is 14.5 Å². The molecule has 164 valence electrons. The highest BCUT2D eigenvalue weighted by atomic mass is 16.2. The van der Waals surface area contributed by atoms with Crippen LogP contribution in [0.3, 0.4) is 0 Å². The number of hydrogen-bond donors (Lipinski definition) is 2. The molecule has 2 N–H and O–H groups in total. The Morgan fingerprint density at radius 2 is 2.00 bits per heavy atom. The lowest BCUT2D eigenvalue weighted by Gasteiger charge is -2.34. The molecule has 1 aromatic carbocycles. The highest BCUT2D eigenvalue weighted by molar-refractivity contribution is 6.09. The molecular formula is C23H34N4O3. The molecule has 1 saturated carbocycles. The number of anilines is 1. The number of nitrogens with one attached hydrogen (secondary N) is 2. The van der Waals surface area contributed by atoms with E-state index in [1.54, 1.807) is 0 Å². The second kappa shape index (κ2) is 9.49. The average Bonchev–Trinajstić information content (AvgIpc) is 2.96. The fourth-order valence-corrected chi connectivity index (χ4v) is 4.56. The van der Waals surface area contributed by atoms with Crippen molar-refractivity contribution in [2.45, 2.75) is 58.4 Å². The monoisotopic (exact) mass is 414 g/mol. The van der Waals surface area contributed by atoms with E-state index in [4.69, 9.17) is 0 Å². The molecule has 1 spiro atoms. The van der Waals surface area contributed by atoms with Crippen molar-refractivity contribution in [3.63, 3.8) is 0 Å². The fraction of sp³-hybridized carbons (Fsp3) is 0.609. The van der Waals surface area contributed by atoms with E-state index < -0.39 is 11.6 Å². The van der Waals surface area contributed by atoms with E-state index in [9.17, 15) is 14.4 Å². The third-order valence-corrected chi connectivity index (χ3v) is 6.54. The number of nitrogens with zero attached hydrogens (tertiary/aromatic N) is 2. The van der Waals surface area contributed by atoms with Gasteiger partial charge in [0.1, 0.15) is 12.1 Å². The van der Waals surface area contributed by atoms with Crippen molar-refractivity contribution >= 4 is 23.5 Å². The lowest BCUT2D eigenvalue weighted by Crippen LogP contribution is -2.50. The van der Waals surface area contributed by atoms with Gasteiger partial charge in [0.25, 0.3) is 5.91 Å². The van der Waals surface area contributed by atoms with Crippen LogP contribution < -0.4 is 15.5 Å². The lowest BCUT2D eigenvalue weighted by molar-refractivity contribution is -0.136. The zero-order valence-corrected chi connectivity index (χ0v) is 18.4. The zero-order chi connectivity index (χ0) is 21.7. The molecule has 0 atom stereocenters. The molecule has 7 nitrogen and oxygen atoms in total. The van der Waals surface area contributed by atoms with Crippen LogP contribution in [0.25, 0.3) is 0 Å². The number of benzene rings is 1. The molecule has 2 aliphatic rings. The molecule has 0 unspecified atom stereocenters. The number of rotatable bonds is 8. The van der Waals surface area contributed by atoms with Gasteiger partial charge >= 0.3 is 6.03 Å². The summed E-state index contributed by atoms with van der Waals surface area (Å²) in [6.07, 6.45) is 4.30. The van der Waals surface area contributed by atoms with Crippen LogP contribution in [0.5, 0.6) is 0 Å². The van der Waals surface area contributed by atoms with Crippen LogP contribution in [0.15, 0.2) is 24.3 Å². The van der Waals surface area contributed by atoms with Gasteiger partial charge in [0.2, 0.25) is 5.91 Å². The first-order chi connectivity index (χ1) is 14.4. The largest absolute Gasteiger partial charge is 0.370 e. The normalized spacial score (nSPS) is 23.6. The number of hydrogen-bond acceptors (Lipinski definition) is 4. The molecule has 2 fully saturated rings. The van der Waals surface area contributed by atoms with Crippen molar-refractivity contribution in [1.29, 1.82) is 0 Å². The van der Waals surface area contributed by atoms with Gasteiger partial charge in [-0.2, -0.15) is 0 Å². The predicted molar refractivity (Wildman–Crippen MR) is 117 cm³/mol. The van der Waals surface area contributed by atoms with Gasteiger partial charge < -0.3 is 15.5 Å². The van der Waals surface area contributed by atoms with Gasteiger partial charge in [-0.05, 0) is 63.1 Å². The van der Waals surface area contributed by atoms with Crippen molar-refractivity contribution in [2.75, 3.05) is 31.1 Å². The number of imide groups is 1. The number of urea groups is 1. The molecule has 30 heavy (non-hydrogen) atoms. The Morgan fingerprint density at radius 1 is 1.27 bits per heavy atom. The van der Waals surface area contributed by atoms with E-state index >= 15 is 0 Å². The molecule has 1 aliphatic heterocycles. The molecule has 1 aromatic rings. The van der Waals surface area contributed by atoms with Crippen LogP contribution >= 0.6 is 0 Å². The zero-order valence-electron chi connectivity index (χ0n) is 18.4. The second-order valence-electron chi connectivity index (χ2n) is 8.52. The molecule has 7 heteroatoms. The summed E-state index contributed by atoms with van der Waals surface area (Å²) < 4.78 is 0. The fourth-order valence-electron chi connectivity index (χ4n) is 4.56.